The number of nitrogens with one attached hydrogen (secondary N) is 1. The normalized spacial score (nSPS) is 19.5. The van der Waals surface area contributed by atoms with E-state index in [9.17, 15) is 0 Å². The number of benzene rings is 1. The Morgan fingerprint density at radius 2 is 1.89 bits per heavy atom. The van der Waals surface area contributed by atoms with Crippen LogP contribution in [0.1, 0.15) is 36.0 Å². The van der Waals surface area contributed by atoms with Crippen LogP contribution in [0, 0.1) is 26.7 Å². The molecule has 0 aliphatic carbocycles. The lowest BCUT2D eigenvalue weighted by Crippen LogP contribution is -2.32. The number of piperidine rings is 1. The predicted octanol–water partition coefficient (Wildman–Crippen LogP) is 3.44. The Balaban J connectivity index is 1.95. The molecule has 2 nitrogen and oxygen atoms in total. The van der Waals surface area contributed by atoms with Gasteiger partial charge in [0.2, 0.25) is 0 Å². The molecule has 0 saturated carbocycles. The van der Waals surface area contributed by atoms with Gasteiger partial charge in [0.15, 0.2) is 0 Å². The van der Waals surface area contributed by atoms with E-state index in [4.69, 9.17) is 0 Å². The van der Waals surface area contributed by atoms with Crippen molar-refractivity contribution in [1.29, 1.82) is 0 Å². The van der Waals surface area contributed by atoms with Crippen LogP contribution in [0.25, 0.3) is 0 Å². The fourth-order valence-corrected chi connectivity index (χ4v) is 3.02. The van der Waals surface area contributed by atoms with Crippen molar-refractivity contribution in [3.8, 4) is 0 Å². The Morgan fingerprint density at radius 3 is 2.58 bits per heavy atom. The van der Waals surface area contributed by atoms with E-state index >= 15 is 0 Å². The number of hydrogen-bond donors (Lipinski definition) is 1. The third-order valence-corrected chi connectivity index (χ3v) is 4.50. The van der Waals surface area contributed by atoms with E-state index in [0.717, 1.165) is 12.5 Å². The molecule has 0 spiro atoms. The second-order valence-electron chi connectivity index (χ2n) is 6.15. The second kappa shape index (κ2) is 6.42. The maximum atomic E-state index is 3.51. The van der Waals surface area contributed by atoms with Crippen LogP contribution in [0.4, 0.5) is 5.69 Å². The molecule has 2 rings (SSSR count). The predicted molar refractivity (Wildman–Crippen MR) is 84.1 cm³/mol. The SMILES string of the molecule is Cc1cc(C)c(N(C)CCC2CCCNC2)cc1C. The lowest BCUT2D eigenvalue weighted by molar-refractivity contribution is 0.360. The van der Waals surface area contributed by atoms with Crippen LogP contribution >= 0.6 is 0 Å². The zero-order chi connectivity index (χ0) is 13.8. The van der Waals surface area contributed by atoms with Crippen LogP contribution < -0.4 is 10.2 Å². The summed E-state index contributed by atoms with van der Waals surface area (Å²) in [5.41, 5.74) is 5.58. The molecule has 1 unspecified atom stereocenters. The number of nitrogens with zero attached hydrogens (tertiary/aromatic N) is 1. The molecule has 1 N–H and O–H groups in total. The Kier molecular flexibility index (Phi) is 4.87. The van der Waals surface area contributed by atoms with E-state index < -0.39 is 0 Å². The number of rotatable bonds is 4. The quantitative estimate of drug-likeness (QED) is 0.892. The third kappa shape index (κ3) is 3.73. The first-order chi connectivity index (χ1) is 9.08. The standard InChI is InChI=1S/C17H28N2/c1-13-10-15(3)17(11-14(13)2)19(4)9-7-16-6-5-8-18-12-16/h10-11,16,18H,5-9,12H2,1-4H3. The van der Waals surface area contributed by atoms with Crippen LogP contribution in [0.15, 0.2) is 12.1 Å². The van der Waals surface area contributed by atoms with E-state index in [-0.39, 0.29) is 0 Å². The molecule has 1 aromatic rings. The number of hydrogen-bond acceptors (Lipinski definition) is 2. The van der Waals surface area contributed by atoms with Gasteiger partial charge in [0.1, 0.15) is 0 Å². The Bertz CT molecular complexity index is 420. The molecule has 1 aliphatic heterocycles. The highest BCUT2D eigenvalue weighted by atomic mass is 15.1. The Hall–Kier alpha value is -1.02. The first-order valence-corrected chi connectivity index (χ1v) is 7.57. The van der Waals surface area contributed by atoms with Gasteiger partial charge in [0.05, 0.1) is 0 Å². The molecule has 106 valence electrons. The lowest BCUT2D eigenvalue weighted by atomic mass is 9.96. The highest BCUT2D eigenvalue weighted by Crippen LogP contribution is 2.24. The van der Waals surface area contributed by atoms with Gasteiger partial charge < -0.3 is 10.2 Å². The van der Waals surface area contributed by atoms with Gasteiger partial charge >= 0.3 is 0 Å². The Morgan fingerprint density at radius 1 is 1.16 bits per heavy atom. The van der Waals surface area contributed by atoms with Crippen molar-refractivity contribution in [1.82, 2.24) is 5.32 Å². The van der Waals surface area contributed by atoms with E-state index in [1.54, 1.807) is 0 Å². The van der Waals surface area contributed by atoms with Gasteiger partial charge in [-0.1, -0.05) is 6.07 Å². The first-order valence-electron chi connectivity index (χ1n) is 7.57. The van der Waals surface area contributed by atoms with E-state index in [1.807, 2.05) is 0 Å². The molecule has 0 aromatic heterocycles. The molecule has 1 heterocycles. The van der Waals surface area contributed by atoms with Gasteiger partial charge in [-0.15, -0.1) is 0 Å². The molecule has 1 atom stereocenters. The summed E-state index contributed by atoms with van der Waals surface area (Å²) in [4.78, 5) is 2.43. The maximum Gasteiger partial charge on any atom is 0.0396 e. The van der Waals surface area contributed by atoms with Gasteiger partial charge in [0.25, 0.3) is 0 Å². The zero-order valence-corrected chi connectivity index (χ0v) is 12.9. The lowest BCUT2D eigenvalue weighted by Gasteiger charge is -2.27. The fraction of sp³-hybridized carbons (Fsp3) is 0.647. The zero-order valence-electron chi connectivity index (χ0n) is 12.9. The van der Waals surface area contributed by atoms with Crippen molar-refractivity contribution in [3.63, 3.8) is 0 Å². The summed E-state index contributed by atoms with van der Waals surface area (Å²) in [6.07, 6.45) is 4.04. The minimum absolute atomic E-state index is 0.864. The highest BCUT2D eigenvalue weighted by molar-refractivity contribution is 5.56. The molecule has 1 aromatic carbocycles. The minimum Gasteiger partial charge on any atom is -0.374 e. The molecule has 0 bridgehead atoms. The average Bonchev–Trinajstić information content (AvgIpc) is 2.41. The smallest absolute Gasteiger partial charge is 0.0396 e. The van der Waals surface area contributed by atoms with Crippen molar-refractivity contribution >= 4 is 5.69 Å². The molecular formula is C17H28N2. The van der Waals surface area contributed by atoms with Gasteiger partial charge in [-0.05, 0) is 81.8 Å². The largest absolute Gasteiger partial charge is 0.374 e. The number of aryl methyl sites for hydroxylation is 3. The van der Waals surface area contributed by atoms with Crippen molar-refractivity contribution in [2.24, 2.45) is 5.92 Å². The maximum absolute atomic E-state index is 3.51. The molecule has 0 radical (unpaired) electrons. The van der Waals surface area contributed by atoms with Crippen LogP contribution in [0.3, 0.4) is 0 Å². The summed E-state index contributed by atoms with van der Waals surface area (Å²) in [7, 11) is 2.23. The topological polar surface area (TPSA) is 15.3 Å². The molecular weight excluding hydrogens is 232 g/mol. The van der Waals surface area contributed by atoms with Crippen molar-refractivity contribution < 1.29 is 0 Å². The Labute approximate surface area is 118 Å². The second-order valence-corrected chi connectivity index (χ2v) is 6.15. The summed E-state index contributed by atoms with van der Waals surface area (Å²) < 4.78 is 0. The first kappa shape index (κ1) is 14.4. The van der Waals surface area contributed by atoms with Crippen molar-refractivity contribution in [3.05, 3.63) is 28.8 Å². The van der Waals surface area contributed by atoms with Crippen molar-refractivity contribution in [2.45, 2.75) is 40.0 Å². The van der Waals surface area contributed by atoms with E-state index in [2.05, 4.69) is 50.2 Å². The summed E-state index contributed by atoms with van der Waals surface area (Å²) in [5.74, 6) is 0.864. The van der Waals surface area contributed by atoms with Crippen LogP contribution in [0.5, 0.6) is 0 Å². The van der Waals surface area contributed by atoms with E-state index in [1.165, 1.54) is 54.7 Å². The summed E-state index contributed by atoms with van der Waals surface area (Å²) >= 11 is 0. The van der Waals surface area contributed by atoms with Crippen molar-refractivity contribution in [2.75, 3.05) is 31.6 Å². The summed E-state index contributed by atoms with van der Waals surface area (Å²) in [6.45, 7) is 10.2. The van der Waals surface area contributed by atoms with E-state index in [0.29, 0.717) is 0 Å². The summed E-state index contributed by atoms with van der Waals surface area (Å²) in [6, 6.07) is 4.65. The monoisotopic (exact) mass is 260 g/mol. The van der Waals surface area contributed by atoms with Gasteiger partial charge in [-0.3, -0.25) is 0 Å². The van der Waals surface area contributed by atoms with Gasteiger partial charge in [-0.2, -0.15) is 0 Å². The molecule has 2 heteroatoms. The van der Waals surface area contributed by atoms with Crippen LogP contribution in [0.2, 0.25) is 0 Å². The molecule has 0 amide bonds. The van der Waals surface area contributed by atoms with Gasteiger partial charge in [-0.25, -0.2) is 0 Å². The van der Waals surface area contributed by atoms with Crippen LogP contribution in [-0.2, 0) is 0 Å². The minimum atomic E-state index is 0.864. The number of anilines is 1. The molecule has 19 heavy (non-hydrogen) atoms. The molecule has 1 saturated heterocycles. The summed E-state index contributed by atoms with van der Waals surface area (Å²) in [5, 5.41) is 3.51. The average molecular weight is 260 g/mol. The third-order valence-electron chi connectivity index (χ3n) is 4.50. The highest BCUT2D eigenvalue weighted by Gasteiger charge is 2.14. The van der Waals surface area contributed by atoms with Gasteiger partial charge in [0, 0.05) is 19.3 Å². The molecule has 1 fully saturated rings. The van der Waals surface area contributed by atoms with Crippen LogP contribution in [-0.4, -0.2) is 26.7 Å². The fourth-order valence-electron chi connectivity index (χ4n) is 3.02. The molecule has 1 aliphatic rings.